The summed E-state index contributed by atoms with van der Waals surface area (Å²) >= 11 is 0. The maximum atomic E-state index is 12.5. The molecule has 0 atom stereocenters. The number of carbonyl (C=O) groups is 1. The average Bonchev–Trinajstić information content (AvgIpc) is 2.96. The SMILES string of the molecule is Cc1cc2[nH]c(=O)cc(C)c2cc1NC(=O)c1coc(C2CCC2)n1. The van der Waals surface area contributed by atoms with E-state index in [-0.39, 0.29) is 11.5 Å². The first-order valence-electron chi connectivity index (χ1n) is 8.42. The minimum Gasteiger partial charge on any atom is -0.448 e. The topological polar surface area (TPSA) is 88.0 Å². The van der Waals surface area contributed by atoms with E-state index in [0.29, 0.717) is 23.2 Å². The molecule has 0 saturated heterocycles. The molecule has 1 aliphatic carbocycles. The van der Waals surface area contributed by atoms with Crippen molar-refractivity contribution in [3.05, 3.63) is 57.5 Å². The number of rotatable bonds is 3. The second-order valence-electron chi connectivity index (χ2n) is 6.68. The number of anilines is 1. The minimum absolute atomic E-state index is 0.132. The highest BCUT2D eigenvalue weighted by atomic mass is 16.3. The molecule has 0 unspecified atom stereocenters. The van der Waals surface area contributed by atoms with Crippen LogP contribution in [0.1, 0.15) is 52.7 Å². The molecule has 6 nitrogen and oxygen atoms in total. The zero-order valence-electron chi connectivity index (χ0n) is 14.2. The molecule has 6 heteroatoms. The van der Waals surface area contributed by atoms with E-state index in [1.54, 1.807) is 6.07 Å². The summed E-state index contributed by atoms with van der Waals surface area (Å²) in [5.74, 6) is 0.710. The van der Waals surface area contributed by atoms with Crippen LogP contribution >= 0.6 is 0 Å². The van der Waals surface area contributed by atoms with Gasteiger partial charge in [-0.05, 0) is 49.9 Å². The molecular weight excluding hydrogens is 318 g/mol. The summed E-state index contributed by atoms with van der Waals surface area (Å²) in [5.41, 5.74) is 3.34. The first-order valence-corrected chi connectivity index (χ1v) is 8.42. The highest BCUT2D eigenvalue weighted by Gasteiger charge is 2.25. The Kier molecular flexibility index (Phi) is 3.67. The number of benzene rings is 1. The Balaban J connectivity index is 1.63. The standard InChI is InChI=1S/C19H19N3O3/c1-10-7-17(23)20-15-6-11(2)14(8-13(10)15)21-18(24)16-9-25-19(22-16)12-4-3-5-12/h6-9,12H,3-5H2,1-2H3,(H,20,23)(H,21,24). The van der Waals surface area contributed by atoms with Crippen molar-refractivity contribution in [2.24, 2.45) is 0 Å². The molecule has 1 fully saturated rings. The Bertz CT molecular complexity index is 1030. The lowest BCUT2D eigenvalue weighted by Gasteiger charge is -2.21. The lowest BCUT2D eigenvalue weighted by Crippen LogP contribution is -2.15. The average molecular weight is 337 g/mol. The molecule has 0 aliphatic heterocycles. The number of aryl methyl sites for hydroxylation is 2. The van der Waals surface area contributed by atoms with E-state index >= 15 is 0 Å². The highest BCUT2D eigenvalue weighted by Crippen LogP contribution is 2.35. The van der Waals surface area contributed by atoms with Gasteiger partial charge in [-0.25, -0.2) is 4.98 Å². The number of amides is 1. The van der Waals surface area contributed by atoms with E-state index in [0.717, 1.165) is 34.9 Å². The fourth-order valence-electron chi connectivity index (χ4n) is 3.14. The Morgan fingerprint density at radius 2 is 2.04 bits per heavy atom. The number of oxazole rings is 1. The molecule has 2 heterocycles. The van der Waals surface area contributed by atoms with Crippen LogP contribution in [0.5, 0.6) is 0 Å². The van der Waals surface area contributed by atoms with Crippen molar-refractivity contribution in [3.8, 4) is 0 Å². The molecule has 0 radical (unpaired) electrons. The van der Waals surface area contributed by atoms with E-state index in [1.165, 1.54) is 12.7 Å². The second kappa shape index (κ2) is 5.88. The van der Waals surface area contributed by atoms with E-state index in [1.807, 2.05) is 26.0 Å². The van der Waals surface area contributed by atoms with Gasteiger partial charge in [0.25, 0.3) is 5.91 Å². The van der Waals surface area contributed by atoms with Crippen LogP contribution in [0.4, 0.5) is 5.69 Å². The lowest BCUT2D eigenvalue weighted by atomic mass is 9.85. The molecule has 128 valence electrons. The van der Waals surface area contributed by atoms with Crippen LogP contribution in [-0.2, 0) is 0 Å². The van der Waals surface area contributed by atoms with Crippen molar-refractivity contribution in [1.82, 2.24) is 9.97 Å². The molecule has 2 N–H and O–H groups in total. The fraction of sp³-hybridized carbons (Fsp3) is 0.316. The first-order chi connectivity index (χ1) is 12.0. The van der Waals surface area contributed by atoms with Crippen molar-refractivity contribution < 1.29 is 9.21 Å². The summed E-state index contributed by atoms with van der Waals surface area (Å²) in [6.07, 6.45) is 4.75. The van der Waals surface area contributed by atoms with Crippen LogP contribution in [0.3, 0.4) is 0 Å². The number of nitrogens with one attached hydrogen (secondary N) is 2. The Morgan fingerprint density at radius 1 is 1.24 bits per heavy atom. The third-order valence-corrected chi connectivity index (χ3v) is 4.85. The summed E-state index contributed by atoms with van der Waals surface area (Å²) in [6, 6.07) is 5.29. The van der Waals surface area contributed by atoms with E-state index in [9.17, 15) is 9.59 Å². The monoisotopic (exact) mass is 337 g/mol. The van der Waals surface area contributed by atoms with Gasteiger partial charge in [0.15, 0.2) is 11.6 Å². The zero-order valence-corrected chi connectivity index (χ0v) is 14.2. The maximum absolute atomic E-state index is 12.5. The van der Waals surface area contributed by atoms with Gasteiger partial charge in [-0.1, -0.05) is 6.42 Å². The van der Waals surface area contributed by atoms with E-state index in [4.69, 9.17) is 4.42 Å². The number of pyridine rings is 1. The molecule has 1 amide bonds. The molecule has 1 saturated carbocycles. The van der Waals surface area contributed by atoms with Crippen molar-refractivity contribution in [2.75, 3.05) is 5.32 Å². The second-order valence-corrected chi connectivity index (χ2v) is 6.68. The summed E-state index contributed by atoms with van der Waals surface area (Å²) in [4.78, 5) is 31.2. The largest absolute Gasteiger partial charge is 0.448 e. The van der Waals surface area contributed by atoms with Gasteiger partial charge < -0.3 is 14.7 Å². The molecule has 4 rings (SSSR count). The number of hydrogen-bond acceptors (Lipinski definition) is 4. The molecule has 3 aromatic rings. The van der Waals surface area contributed by atoms with Crippen LogP contribution < -0.4 is 10.9 Å². The van der Waals surface area contributed by atoms with Gasteiger partial charge in [0.1, 0.15) is 6.26 Å². The maximum Gasteiger partial charge on any atom is 0.277 e. The summed E-state index contributed by atoms with van der Waals surface area (Å²) in [6.45, 7) is 3.76. The van der Waals surface area contributed by atoms with Crippen LogP contribution in [0.25, 0.3) is 10.9 Å². The number of H-pyrrole nitrogens is 1. The van der Waals surface area contributed by atoms with E-state index < -0.39 is 0 Å². The highest BCUT2D eigenvalue weighted by molar-refractivity contribution is 6.04. The van der Waals surface area contributed by atoms with Gasteiger partial charge >= 0.3 is 0 Å². The van der Waals surface area contributed by atoms with Crippen molar-refractivity contribution in [2.45, 2.75) is 39.0 Å². The summed E-state index contributed by atoms with van der Waals surface area (Å²) in [5, 5.41) is 3.79. The first kappa shape index (κ1) is 15.6. The number of aromatic amines is 1. The summed E-state index contributed by atoms with van der Waals surface area (Å²) in [7, 11) is 0. The lowest BCUT2D eigenvalue weighted by molar-refractivity contribution is 0.102. The predicted molar refractivity (Wildman–Crippen MR) is 95.1 cm³/mol. The number of nitrogens with zero attached hydrogens (tertiary/aromatic N) is 1. The minimum atomic E-state index is -0.293. The smallest absolute Gasteiger partial charge is 0.277 e. The Labute approximate surface area is 144 Å². The quantitative estimate of drug-likeness (QED) is 0.763. The van der Waals surface area contributed by atoms with Gasteiger partial charge in [0.05, 0.1) is 0 Å². The van der Waals surface area contributed by atoms with Gasteiger partial charge in [0.2, 0.25) is 5.56 Å². The number of hydrogen-bond donors (Lipinski definition) is 2. The van der Waals surface area contributed by atoms with Crippen molar-refractivity contribution in [3.63, 3.8) is 0 Å². The third kappa shape index (κ3) is 2.84. The van der Waals surface area contributed by atoms with Gasteiger partial charge in [-0.3, -0.25) is 9.59 Å². The zero-order chi connectivity index (χ0) is 17.6. The molecule has 1 aliphatic rings. The fourth-order valence-corrected chi connectivity index (χ4v) is 3.14. The Morgan fingerprint density at radius 3 is 2.76 bits per heavy atom. The molecule has 25 heavy (non-hydrogen) atoms. The van der Waals surface area contributed by atoms with Gasteiger partial charge in [-0.2, -0.15) is 0 Å². The van der Waals surface area contributed by atoms with Gasteiger partial charge in [0, 0.05) is 28.6 Å². The van der Waals surface area contributed by atoms with Crippen LogP contribution in [0, 0.1) is 13.8 Å². The molecular formula is C19H19N3O3. The Hall–Kier alpha value is -2.89. The van der Waals surface area contributed by atoms with Crippen molar-refractivity contribution >= 4 is 22.5 Å². The number of carbonyl (C=O) groups excluding carboxylic acids is 1. The van der Waals surface area contributed by atoms with Crippen LogP contribution in [0.15, 0.2) is 33.7 Å². The molecule has 0 spiro atoms. The number of fused-ring (bicyclic) bond motifs is 1. The van der Waals surface area contributed by atoms with Crippen LogP contribution in [-0.4, -0.2) is 15.9 Å². The normalized spacial score (nSPS) is 14.5. The van der Waals surface area contributed by atoms with Crippen LogP contribution in [0.2, 0.25) is 0 Å². The van der Waals surface area contributed by atoms with E-state index in [2.05, 4.69) is 15.3 Å². The molecule has 1 aromatic carbocycles. The van der Waals surface area contributed by atoms with Gasteiger partial charge in [-0.15, -0.1) is 0 Å². The van der Waals surface area contributed by atoms with Crippen molar-refractivity contribution in [1.29, 1.82) is 0 Å². The molecule has 2 aromatic heterocycles. The summed E-state index contributed by atoms with van der Waals surface area (Å²) < 4.78 is 5.45. The predicted octanol–water partition coefficient (Wildman–Crippen LogP) is 3.65. The molecule has 0 bridgehead atoms. The number of aromatic nitrogens is 2. The third-order valence-electron chi connectivity index (χ3n) is 4.85.